The van der Waals surface area contributed by atoms with Gasteiger partial charge in [-0.1, -0.05) is 47.5 Å². The number of carbonyl (C=O) groups is 2. The maximum atomic E-state index is 12.6. The lowest BCUT2D eigenvalue weighted by Crippen LogP contribution is -2.27. The Labute approximate surface area is 171 Å². The van der Waals surface area contributed by atoms with Crippen LogP contribution in [0.4, 0.5) is 5.69 Å². The van der Waals surface area contributed by atoms with Crippen molar-refractivity contribution in [1.29, 1.82) is 0 Å². The molecule has 1 heterocycles. The molecule has 3 aromatic rings. The van der Waals surface area contributed by atoms with Crippen LogP contribution in [0.3, 0.4) is 0 Å². The van der Waals surface area contributed by atoms with Gasteiger partial charge in [0.1, 0.15) is 0 Å². The van der Waals surface area contributed by atoms with E-state index in [-0.39, 0.29) is 17.9 Å². The maximum Gasteiger partial charge on any atom is 0.265 e. The molecular formula is C20H16Cl2N2O2S. The largest absolute Gasteiger partial charge is 0.345 e. The molecule has 1 atom stereocenters. The van der Waals surface area contributed by atoms with Gasteiger partial charge in [-0.05, 0) is 48.2 Å². The van der Waals surface area contributed by atoms with Crippen LogP contribution in [0, 0.1) is 0 Å². The van der Waals surface area contributed by atoms with Gasteiger partial charge in [-0.3, -0.25) is 9.59 Å². The Morgan fingerprint density at radius 2 is 1.74 bits per heavy atom. The number of amides is 2. The van der Waals surface area contributed by atoms with Gasteiger partial charge >= 0.3 is 0 Å². The summed E-state index contributed by atoms with van der Waals surface area (Å²) in [6.07, 6.45) is 0. The number of rotatable bonds is 5. The molecule has 2 aromatic carbocycles. The van der Waals surface area contributed by atoms with E-state index in [1.165, 1.54) is 11.3 Å². The molecule has 138 valence electrons. The first kappa shape index (κ1) is 19.4. The van der Waals surface area contributed by atoms with E-state index >= 15 is 0 Å². The molecule has 0 saturated heterocycles. The molecule has 1 aromatic heterocycles. The standard InChI is InChI=1S/C20H16Cl2N2O2S/c1-12(14-5-2-3-6-15(14)21)23-19(25)13-8-9-16(22)17(11-13)24-20(26)18-7-4-10-27-18/h2-12H,1H3,(H,23,25)(H,24,26). The molecule has 7 heteroatoms. The van der Waals surface area contributed by atoms with E-state index in [0.29, 0.717) is 26.2 Å². The summed E-state index contributed by atoms with van der Waals surface area (Å²) in [5, 5.41) is 8.41. The number of benzene rings is 2. The summed E-state index contributed by atoms with van der Waals surface area (Å²) >= 11 is 13.7. The second-order valence-corrected chi connectivity index (χ2v) is 7.60. The molecule has 0 bridgehead atoms. The molecule has 0 aliphatic rings. The molecular weight excluding hydrogens is 403 g/mol. The molecule has 4 nitrogen and oxygen atoms in total. The van der Waals surface area contributed by atoms with Gasteiger partial charge < -0.3 is 10.6 Å². The second kappa shape index (κ2) is 8.57. The van der Waals surface area contributed by atoms with Gasteiger partial charge in [-0.15, -0.1) is 11.3 Å². The lowest BCUT2D eigenvalue weighted by molar-refractivity contribution is 0.0938. The average Bonchev–Trinajstić information content (AvgIpc) is 3.18. The van der Waals surface area contributed by atoms with Crippen LogP contribution in [-0.2, 0) is 0 Å². The fourth-order valence-corrected chi connectivity index (χ4v) is 3.62. The molecule has 0 radical (unpaired) electrons. The van der Waals surface area contributed by atoms with Crippen molar-refractivity contribution >= 4 is 52.0 Å². The molecule has 0 spiro atoms. The summed E-state index contributed by atoms with van der Waals surface area (Å²) in [5.41, 5.74) is 1.60. The summed E-state index contributed by atoms with van der Waals surface area (Å²) in [6, 6.07) is 15.3. The van der Waals surface area contributed by atoms with E-state index in [9.17, 15) is 9.59 Å². The predicted octanol–water partition coefficient (Wildman–Crippen LogP) is 5.80. The Balaban J connectivity index is 1.75. The normalized spacial score (nSPS) is 11.7. The molecule has 27 heavy (non-hydrogen) atoms. The number of carbonyl (C=O) groups excluding carboxylic acids is 2. The average molecular weight is 419 g/mol. The Morgan fingerprint density at radius 1 is 0.963 bits per heavy atom. The number of thiophene rings is 1. The Kier molecular flexibility index (Phi) is 6.16. The van der Waals surface area contributed by atoms with Crippen LogP contribution in [0.1, 0.15) is 38.6 Å². The molecule has 0 aliphatic heterocycles. The van der Waals surface area contributed by atoms with Crippen molar-refractivity contribution in [1.82, 2.24) is 5.32 Å². The fraction of sp³-hybridized carbons (Fsp3) is 0.100. The number of halogens is 2. The van der Waals surface area contributed by atoms with Gasteiger partial charge in [0.25, 0.3) is 11.8 Å². The second-order valence-electron chi connectivity index (χ2n) is 5.84. The smallest absolute Gasteiger partial charge is 0.265 e. The third-order valence-electron chi connectivity index (χ3n) is 3.94. The minimum Gasteiger partial charge on any atom is -0.345 e. The summed E-state index contributed by atoms with van der Waals surface area (Å²) in [7, 11) is 0. The molecule has 3 rings (SSSR count). The zero-order valence-electron chi connectivity index (χ0n) is 14.3. The van der Waals surface area contributed by atoms with Gasteiger partial charge in [0.05, 0.1) is 21.6 Å². The summed E-state index contributed by atoms with van der Waals surface area (Å²) in [4.78, 5) is 25.4. The highest BCUT2D eigenvalue weighted by Crippen LogP contribution is 2.26. The minimum absolute atomic E-state index is 0.270. The minimum atomic E-state index is -0.286. The van der Waals surface area contributed by atoms with E-state index in [4.69, 9.17) is 23.2 Å². The lowest BCUT2D eigenvalue weighted by atomic mass is 10.1. The Bertz CT molecular complexity index is 974. The Morgan fingerprint density at radius 3 is 2.44 bits per heavy atom. The maximum absolute atomic E-state index is 12.6. The van der Waals surface area contributed by atoms with Crippen molar-refractivity contribution in [2.45, 2.75) is 13.0 Å². The van der Waals surface area contributed by atoms with Crippen LogP contribution in [0.2, 0.25) is 10.0 Å². The van der Waals surface area contributed by atoms with Crippen LogP contribution >= 0.6 is 34.5 Å². The quantitative estimate of drug-likeness (QED) is 0.549. The van der Waals surface area contributed by atoms with Gasteiger partial charge in [0.2, 0.25) is 0 Å². The third-order valence-corrected chi connectivity index (χ3v) is 5.48. The van der Waals surface area contributed by atoms with Crippen LogP contribution < -0.4 is 10.6 Å². The van der Waals surface area contributed by atoms with Crippen LogP contribution in [0.15, 0.2) is 60.0 Å². The zero-order valence-corrected chi connectivity index (χ0v) is 16.7. The van der Waals surface area contributed by atoms with Gasteiger partial charge in [0.15, 0.2) is 0 Å². The highest BCUT2D eigenvalue weighted by Gasteiger charge is 2.16. The van der Waals surface area contributed by atoms with Gasteiger partial charge in [-0.25, -0.2) is 0 Å². The van der Waals surface area contributed by atoms with Crippen molar-refractivity contribution in [2.24, 2.45) is 0 Å². The Hall–Kier alpha value is -2.34. The SMILES string of the molecule is CC(NC(=O)c1ccc(Cl)c(NC(=O)c2cccs2)c1)c1ccccc1Cl. The fourth-order valence-electron chi connectivity index (χ4n) is 2.54. The van der Waals surface area contributed by atoms with Gasteiger partial charge in [0, 0.05) is 10.6 Å². The van der Waals surface area contributed by atoms with Crippen LogP contribution in [-0.4, -0.2) is 11.8 Å². The first-order valence-electron chi connectivity index (χ1n) is 8.15. The van der Waals surface area contributed by atoms with Crippen molar-refractivity contribution in [3.63, 3.8) is 0 Å². The van der Waals surface area contributed by atoms with Gasteiger partial charge in [-0.2, -0.15) is 0 Å². The predicted molar refractivity (Wildman–Crippen MR) is 111 cm³/mol. The molecule has 0 fully saturated rings. The number of anilines is 1. The van der Waals surface area contributed by atoms with Crippen LogP contribution in [0.25, 0.3) is 0 Å². The highest BCUT2D eigenvalue weighted by atomic mass is 35.5. The highest BCUT2D eigenvalue weighted by molar-refractivity contribution is 7.12. The number of nitrogens with one attached hydrogen (secondary N) is 2. The van der Waals surface area contributed by atoms with Crippen molar-refractivity contribution in [3.05, 3.63) is 86.0 Å². The van der Waals surface area contributed by atoms with Crippen molar-refractivity contribution in [2.75, 3.05) is 5.32 Å². The van der Waals surface area contributed by atoms with Crippen LogP contribution in [0.5, 0.6) is 0 Å². The summed E-state index contributed by atoms with van der Waals surface area (Å²) in [6.45, 7) is 1.86. The third kappa shape index (κ3) is 4.69. The topological polar surface area (TPSA) is 58.2 Å². The van der Waals surface area contributed by atoms with E-state index in [1.807, 2.05) is 30.5 Å². The van der Waals surface area contributed by atoms with E-state index < -0.39 is 0 Å². The first-order chi connectivity index (χ1) is 13.0. The van der Waals surface area contributed by atoms with Crippen molar-refractivity contribution in [3.8, 4) is 0 Å². The zero-order chi connectivity index (χ0) is 19.4. The number of hydrogen-bond acceptors (Lipinski definition) is 3. The summed E-state index contributed by atoms with van der Waals surface area (Å²) in [5.74, 6) is -0.556. The van der Waals surface area contributed by atoms with E-state index in [2.05, 4.69) is 10.6 Å². The molecule has 2 N–H and O–H groups in total. The number of hydrogen-bond donors (Lipinski definition) is 2. The molecule has 1 unspecified atom stereocenters. The van der Waals surface area contributed by atoms with E-state index in [1.54, 1.807) is 36.4 Å². The molecule has 0 saturated carbocycles. The van der Waals surface area contributed by atoms with Crippen molar-refractivity contribution < 1.29 is 9.59 Å². The monoisotopic (exact) mass is 418 g/mol. The molecule has 2 amide bonds. The first-order valence-corrected chi connectivity index (χ1v) is 9.79. The van der Waals surface area contributed by atoms with E-state index in [0.717, 1.165) is 5.56 Å². The summed E-state index contributed by atoms with van der Waals surface area (Å²) < 4.78 is 0. The lowest BCUT2D eigenvalue weighted by Gasteiger charge is -2.16. The molecule has 0 aliphatic carbocycles.